The number of halogens is 3. The van der Waals surface area contributed by atoms with Gasteiger partial charge in [-0.15, -0.1) is 0 Å². The first-order valence-corrected chi connectivity index (χ1v) is 7.31. The van der Waals surface area contributed by atoms with E-state index in [0.29, 0.717) is 18.8 Å². The van der Waals surface area contributed by atoms with E-state index in [2.05, 4.69) is 11.1 Å². The molecule has 2 rings (SSSR count). The summed E-state index contributed by atoms with van der Waals surface area (Å²) in [6.07, 6.45) is 5.25. The van der Waals surface area contributed by atoms with Crippen LogP contribution in [0.15, 0.2) is 11.8 Å². The Morgan fingerprint density at radius 3 is 2.56 bits per heavy atom. The maximum absolute atomic E-state index is 12.1. The van der Waals surface area contributed by atoms with Gasteiger partial charge in [0.25, 0.3) is 0 Å². The zero-order chi connectivity index (χ0) is 13.6. The van der Waals surface area contributed by atoms with Crippen LogP contribution in [0.5, 0.6) is 0 Å². The molecule has 0 radical (unpaired) electrons. The van der Waals surface area contributed by atoms with Crippen LogP contribution >= 0.6 is 0 Å². The minimum atomic E-state index is -5.50. The number of allylic oxidation sites excluding steroid dienone is 2. The van der Waals surface area contributed by atoms with Crippen LogP contribution in [0.4, 0.5) is 13.2 Å². The molecular formula is C11H15F3O3S. The molecule has 0 aromatic heterocycles. The van der Waals surface area contributed by atoms with Crippen molar-refractivity contribution in [3.8, 4) is 0 Å². The molecule has 1 saturated carbocycles. The second kappa shape index (κ2) is 4.15. The Labute approximate surface area is 104 Å². The van der Waals surface area contributed by atoms with Crippen LogP contribution < -0.4 is 0 Å². The predicted octanol–water partition coefficient (Wildman–Crippen LogP) is 3.34. The summed E-state index contributed by atoms with van der Waals surface area (Å²) in [7, 11) is -5.50. The molecule has 104 valence electrons. The van der Waals surface area contributed by atoms with Gasteiger partial charge in [0.1, 0.15) is 5.76 Å². The van der Waals surface area contributed by atoms with E-state index in [0.717, 1.165) is 12.8 Å². The van der Waals surface area contributed by atoms with Gasteiger partial charge in [-0.1, -0.05) is 13.3 Å². The third-order valence-electron chi connectivity index (χ3n) is 3.96. The van der Waals surface area contributed by atoms with Crippen LogP contribution in [0.2, 0.25) is 0 Å². The topological polar surface area (TPSA) is 43.4 Å². The molecule has 0 heterocycles. The molecule has 0 N–H and O–H groups in total. The van der Waals surface area contributed by atoms with Crippen LogP contribution in [0.1, 0.15) is 39.0 Å². The molecule has 1 fully saturated rings. The van der Waals surface area contributed by atoms with Gasteiger partial charge in [0.15, 0.2) is 0 Å². The largest absolute Gasteiger partial charge is 0.534 e. The number of rotatable bonds is 3. The fourth-order valence-corrected chi connectivity index (χ4v) is 3.25. The maximum atomic E-state index is 12.1. The molecule has 0 bridgehead atoms. The molecule has 2 aliphatic carbocycles. The summed E-state index contributed by atoms with van der Waals surface area (Å²) in [5.41, 5.74) is -5.15. The summed E-state index contributed by atoms with van der Waals surface area (Å²) in [6.45, 7) is 2.09. The van der Waals surface area contributed by atoms with Crippen LogP contribution in [0, 0.1) is 11.3 Å². The standard InChI is InChI=1S/C11H15F3O3S/c1-2-8-7-10(8)5-3-9(4-6-10)17-18(15,16)11(12,13)14/h3,8H,2,4-7H2,1H3. The highest BCUT2D eigenvalue weighted by Gasteiger charge is 2.53. The van der Waals surface area contributed by atoms with E-state index < -0.39 is 15.6 Å². The highest BCUT2D eigenvalue weighted by molar-refractivity contribution is 7.87. The van der Waals surface area contributed by atoms with Gasteiger partial charge in [-0.05, 0) is 36.7 Å². The zero-order valence-corrected chi connectivity index (χ0v) is 10.8. The van der Waals surface area contributed by atoms with Crippen LogP contribution in [0.3, 0.4) is 0 Å². The molecule has 2 atom stereocenters. The van der Waals surface area contributed by atoms with Crippen molar-refractivity contribution in [2.45, 2.75) is 44.5 Å². The van der Waals surface area contributed by atoms with Crippen LogP contribution in [-0.4, -0.2) is 13.9 Å². The van der Waals surface area contributed by atoms with Crippen molar-refractivity contribution >= 4 is 10.1 Å². The number of hydrogen-bond acceptors (Lipinski definition) is 3. The summed E-state index contributed by atoms with van der Waals surface area (Å²) in [5, 5.41) is 0. The van der Waals surface area contributed by atoms with Crippen molar-refractivity contribution in [3.63, 3.8) is 0 Å². The number of alkyl halides is 3. The van der Waals surface area contributed by atoms with Gasteiger partial charge >= 0.3 is 15.6 Å². The van der Waals surface area contributed by atoms with Crippen molar-refractivity contribution in [1.82, 2.24) is 0 Å². The van der Waals surface area contributed by atoms with E-state index in [4.69, 9.17) is 0 Å². The Kier molecular flexibility index (Phi) is 3.16. The van der Waals surface area contributed by atoms with Crippen molar-refractivity contribution in [1.29, 1.82) is 0 Å². The van der Waals surface area contributed by atoms with E-state index in [1.165, 1.54) is 6.08 Å². The minimum absolute atomic E-state index is 0.0697. The Hall–Kier alpha value is -0.720. The van der Waals surface area contributed by atoms with Gasteiger partial charge in [-0.2, -0.15) is 21.6 Å². The molecule has 0 aliphatic heterocycles. The lowest BCUT2D eigenvalue weighted by atomic mass is 9.87. The van der Waals surface area contributed by atoms with Gasteiger partial charge in [-0.3, -0.25) is 0 Å². The minimum Gasteiger partial charge on any atom is -0.381 e. The lowest BCUT2D eigenvalue weighted by Crippen LogP contribution is -2.26. The third kappa shape index (κ3) is 2.37. The molecule has 0 saturated heterocycles. The predicted molar refractivity (Wildman–Crippen MR) is 58.8 cm³/mol. The third-order valence-corrected chi connectivity index (χ3v) is 4.96. The summed E-state index contributed by atoms with van der Waals surface area (Å²) >= 11 is 0. The Bertz CT molecular complexity index is 466. The highest BCUT2D eigenvalue weighted by Crippen LogP contribution is 2.62. The van der Waals surface area contributed by atoms with E-state index in [1.807, 2.05) is 0 Å². The molecule has 2 unspecified atom stereocenters. The van der Waals surface area contributed by atoms with Crippen molar-refractivity contribution < 1.29 is 25.8 Å². The van der Waals surface area contributed by atoms with E-state index >= 15 is 0 Å². The van der Waals surface area contributed by atoms with E-state index in [-0.39, 0.29) is 17.6 Å². The SMILES string of the molecule is CCC1CC12CC=C(OS(=O)(=O)C(F)(F)F)CC2. The molecule has 3 nitrogen and oxygen atoms in total. The lowest BCUT2D eigenvalue weighted by Gasteiger charge is -2.22. The average molecular weight is 284 g/mol. The summed E-state index contributed by atoms with van der Waals surface area (Å²) in [5.74, 6) is 0.550. The Balaban J connectivity index is 2.00. The molecule has 0 amide bonds. The molecular weight excluding hydrogens is 269 g/mol. The average Bonchev–Trinajstić information content (AvgIpc) is 2.94. The van der Waals surface area contributed by atoms with Crippen LogP contribution in [-0.2, 0) is 14.3 Å². The van der Waals surface area contributed by atoms with Gasteiger partial charge < -0.3 is 4.18 Å². The van der Waals surface area contributed by atoms with Gasteiger partial charge in [-0.25, -0.2) is 0 Å². The monoisotopic (exact) mass is 284 g/mol. The molecule has 1 spiro atoms. The lowest BCUT2D eigenvalue weighted by molar-refractivity contribution is -0.0524. The van der Waals surface area contributed by atoms with Crippen LogP contribution in [0.25, 0.3) is 0 Å². The smallest absolute Gasteiger partial charge is 0.381 e. The molecule has 7 heteroatoms. The van der Waals surface area contributed by atoms with Crippen molar-refractivity contribution in [2.24, 2.45) is 11.3 Å². The fraction of sp³-hybridized carbons (Fsp3) is 0.818. The second-order valence-corrected chi connectivity index (χ2v) is 6.57. The normalized spacial score (nSPS) is 32.2. The molecule has 2 aliphatic rings. The van der Waals surface area contributed by atoms with E-state index in [9.17, 15) is 21.6 Å². The molecule has 0 aromatic rings. The molecule has 0 aromatic carbocycles. The first-order valence-electron chi connectivity index (χ1n) is 5.90. The van der Waals surface area contributed by atoms with Gasteiger partial charge in [0.05, 0.1) is 0 Å². The van der Waals surface area contributed by atoms with Gasteiger partial charge in [0.2, 0.25) is 0 Å². The summed E-state index contributed by atoms with van der Waals surface area (Å²) in [4.78, 5) is 0. The zero-order valence-electron chi connectivity index (χ0n) is 9.96. The fourth-order valence-electron chi connectivity index (χ4n) is 2.72. The number of hydrogen-bond donors (Lipinski definition) is 0. The summed E-state index contributed by atoms with van der Waals surface area (Å²) in [6, 6.07) is 0. The van der Waals surface area contributed by atoms with Gasteiger partial charge in [0, 0.05) is 6.42 Å². The highest BCUT2D eigenvalue weighted by atomic mass is 32.2. The summed E-state index contributed by atoms with van der Waals surface area (Å²) < 4.78 is 62.2. The van der Waals surface area contributed by atoms with E-state index in [1.54, 1.807) is 0 Å². The Morgan fingerprint density at radius 1 is 1.50 bits per heavy atom. The Morgan fingerprint density at radius 2 is 2.17 bits per heavy atom. The van der Waals surface area contributed by atoms with Crippen molar-refractivity contribution in [2.75, 3.05) is 0 Å². The van der Waals surface area contributed by atoms with Crippen molar-refractivity contribution in [3.05, 3.63) is 11.8 Å². The first-order chi connectivity index (χ1) is 8.20. The molecule has 18 heavy (non-hydrogen) atoms. The second-order valence-electron chi connectivity index (χ2n) is 5.03. The first kappa shape index (κ1) is 13.7. The quantitative estimate of drug-likeness (QED) is 0.589. The maximum Gasteiger partial charge on any atom is 0.534 e.